The second-order valence-electron chi connectivity index (χ2n) is 5.31. The molecule has 5 nitrogen and oxygen atoms in total. The molecule has 1 heterocycles. The lowest BCUT2D eigenvalue weighted by atomic mass is 10.1. The molecule has 2 N–H and O–H groups in total. The molecule has 1 aromatic carbocycles. The van der Waals surface area contributed by atoms with Crippen molar-refractivity contribution in [2.75, 3.05) is 6.54 Å². The number of unbranched alkanes of at least 4 members (excludes halogenated alkanes) is 4. The van der Waals surface area contributed by atoms with Crippen LogP contribution in [0, 0.1) is 0 Å². The maximum absolute atomic E-state index is 12.1. The van der Waals surface area contributed by atoms with E-state index in [1.165, 1.54) is 6.26 Å². The summed E-state index contributed by atoms with van der Waals surface area (Å²) in [6.07, 6.45) is 6.27. The molecule has 0 radical (unpaired) electrons. The number of amides is 1. The van der Waals surface area contributed by atoms with E-state index in [0.29, 0.717) is 17.7 Å². The Labute approximate surface area is 129 Å². The van der Waals surface area contributed by atoms with Crippen molar-refractivity contribution in [3.63, 3.8) is 0 Å². The molecule has 1 aromatic heterocycles. The lowest BCUT2D eigenvalue weighted by molar-refractivity contribution is -0.137. The molecule has 0 aliphatic heterocycles. The Morgan fingerprint density at radius 1 is 1.05 bits per heavy atom. The summed E-state index contributed by atoms with van der Waals surface area (Å²) in [5.74, 6) is -0.851. The van der Waals surface area contributed by atoms with Crippen LogP contribution in [0.4, 0.5) is 0 Å². The first-order valence-corrected chi connectivity index (χ1v) is 7.64. The van der Waals surface area contributed by atoms with Gasteiger partial charge < -0.3 is 14.8 Å². The summed E-state index contributed by atoms with van der Waals surface area (Å²) >= 11 is 0. The van der Waals surface area contributed by atoms with Crippen molar-refractivity contribution in [2.24, 2.45) is 0 Å². The summed E-state index contributed by atoms with van der Waals surface area (Å²) in [5.41, 5.74) is 1.28. The minimum Gasteiger partial charge on any atom is -0.481 e. The normalized spacial score (nSPS) is 10.7. The van der Waals surface area contributed by atoms with Gasteiger partial charge in [0, 0.05) is 18.4 Å². The molecule has 0 spiro atoms. The van der Waals surface area contributed by atoms with Crippen LogP contribution in [0.3, 0.4) is 0 Å². The number of benzene rings is 1. The Kier molecular flexibility index (Phi) is 6.01. The van der Waals surface area contributed by atoms with Crippen LogP contribution >= 0.6 is 0 Å². The topological polar surface area (TPSA) is 79.5 Å². The highest BCUT2D eigenvalue weighted by atomic mass is 16.4. The molecular weight excluding hydrogens is 282 g/mol. The number of hydrogen-bond donors (Lipinski definition) is 2. The molecule has 0 unspecified atom stereocenters. The van der Waals surface area contributed by atoms with Gasteiger partial charge >= 0.3 is 5.97 Å². The van der Waals surface area contributed by atoms with Crippen molar-refractivity contribution in [1.82, 2.24) is 5.32 Å². The van der Waals surface area contributed by atoms with Crippen LogP contribution in [0.25, 0.3) is 11.0 Å². The highest BCUT2D eigenvalue weighted by Crippen LogP contribution is 2.20. The van der Waals surface area contributed by atoms with E-state index < -0.39 is 5.97 Å². The zero-order valence-electron chi connectivity index (χ0n) is 12.5. The van der Waals surface area contributed by atoms with Crippen LogP contribution in [0.2, 0.25) is 0 Å². The van der Waals surface area contributed by atoms with Crippen molar-refractivity contribution >= 4 is 22.8 Å². The van der Waals surface area contributed by atoms with Crippen LogP contribution in [0.5, 0.6) is 0 Å². The van der Waals surface area contributed by atoms with E-state index >= 15 is 0 Å². The van der Waals surface area contributed by atoms with Crippen molar-refractivity contribution in [3.05, 3.63) is 36.1 Å². The van der Waals surface area contributed by atoms with Gasteiger partial charge in [0.25, 0.3) is 5.91 Å². The quantitative estimate of drug-likeness (QED) is 0.694. The van der Waals surface area contributed by atoms with Gasteiger partial charge in [-0.05, 0) is 18.9 Å². The third-order valence-electron chi connectivity index (χ3n) is 3.58. The minimum atomic E-state index is -0.736. The minimum absolute atomic E-state index is 0.115. The molecule has 0 aliphatic rings. The molecule has 0 bridgehead atoms. The Balaban J connectivity index is 1.65. The fourth-order valence-corrected chi connectivity index (χ4v) is 2.38. The lowest BCUT2D eigenvalue weighted by Crippen LogP contribution is -2.24. The highest BCUT2D eigenvalue weighted by Gasteiger charge is 2.12. The number of carboxylic acid groups (broad SMARTS) is 1. The second kappa shape index (κ2) is 8.22. The number of carbonyl (C=O) groups is 2. The van der Waals surface area contributed by atoms with Crippen LogP contribution in [0.1, 0.15) is 48.9 Å². The van der Waals surface area contributed by atoms with Crippen LogP contribution < -0.4 is 5.32 Å². The van der Waals surface area contributed by atoms with E-state index in [0.717, 1.165) is 37.5 Å². The molecule has 0 aliphatic carbocycles. The molecule has 0 atom stereocenters. The first kappa shape index (κ1) is 16.1. The zero-order chi connectivity index (χ0) is 15.8. The number of fused-ring (bicyclic) bond motifs is 1. The second-order valence-corrected chi connectivity index (χ2v) is 5.31. The fraction of sp³-hybridized carbons (Fsp3) is 0.412. The van der Waals surface area contributed by atoms with E-state index in [1.807, 2.05) is 24.3 Å². The van der Waals surface area contributed by atoms with Crippen molar-refractivity contribution in [2.45, 2.75) is 38.5 Å². The predicted octanol–water partition coefficient (Wildman–Crippen LogP) is 3.59. The van der Waals surface area contributed by atoms with Gasteiger partial charge in [-0.3, -0.25) is 9.59 Å². The summed E-state index contributed by atoms with van der Waals surface area (Å²) in [6, 6.07) is 7.46. The van der Waals surface area contributed by atoms with Gasteiger partial charge in [0.1, 0.15) is 11.8 Å². The average Bonchev–Trinajstić information content (AvgIpc) is 2.93. The summed E-state index contributed by atoms with van der Waals surface area (Å²) in [6.45, 7) is 0.622. The maximum Gasteiger partial charge on any atom is 0.303 e. The summed E-state index contributed by atoms with van der Waals surface area (Å²) in [7, 11) is 0. The molecule has 1 amide bonds. The molecule has 0 saturated heterocycles. The smallest absolute Gasteiger partial charge is 0.303 e. The summed E-state index contributed by atoms with van der Waals surface area (Å²) in [5, 5.41) is 12.2. The number of aliphatic carboxylic acids is 1. The molecule has 0 fully saturated rings. The highest BCUT2D eigenvalue weighted by molar-refractivity contribution is 6.05. The Hall–Kier alpha value is -2.30. The maximum atomic E-state index is 12.1. The number of para-hydroxylation sites is 1. The van der Waals surface area contributed by atoms with Gasteiger partial charge in [-0.15, -0.1) is 0 Å². The molecule has 2 aromatic rings. The largest absolute Gasteiger partial charge is 0.481 e. The molecule has 5 heteroatoms. The van der Waals surface area contributed by atoms with Gasteiger partial charge in [-0.2, -0.15) is 0 Å². The summed E-state index contributed by atoms with van der Waals surface area (Å²) < 4.78 is 5.35. The first-order valence-electron chi connectivity index (χ1n) is 7.64. The SMILES string of the molecule is O=C(O)CCCCCCCNC(=O)c1coc2ccccc12. The van der Waals surface area contributed by atoms with Crippen molar-refractivity contribution < 1.29 is 19.1 Å². The van der Waals surface area contributed by atoms with E-state index in [2.05, 4.69) is 5.32 Å². The third-order valence-corrected chi connectivity index (χ3v) is 3.58. The monoisotopic (exact) mass is 303 g/mol. The third kappa shape index (κ3) is 4.62. The number of rotatable bonds is 9. The summed E-state index contributed by atoms with van der Waals surface area (Å²) in [4.78, 5) is 22.5. The average molecular weight is 303 g/mol. The standard InChI is InChI=1S/C17H21NO4/c19-16(20)10-4-2-1-3-7-11-18-17(21)14-12-22-15-9-6-5-8-13(14)15/h5-6,8-9,12H,1-4,7,10-11H2,(H,18,21)(H,19,20). The van der Waals surface area contributed by atoms with Crippen LogP contribution in [0.15, 0.2) is 34.9 Å². The fourth-order valence-electron chi connectivity index (χ4n) is 2.38. The number of nitrogens with one attached hydrogen (secondary N) is 1. The van der Waals surface area contributed by atoms with Crippen molar-refractivity contribution in [3.8, 4) is 0 Å². The first-order chi connectivity index (χ1) is 10.7. The number of carbonyl (C=O) groups excluding carboxylic acids is 1. The Morgan fingerprint density at radius 2 is 1.77 bits per heavy atom. The molecule has 2 rings (SSSR count). The van der Waals surface area contributed by atoms with Gasteiger partial charge in [0.2, 0.25) is 0 Å². The molecule has 118 valence electrons. The molecular formula is C17H21NO4. The Morgan fingerprint density at radius 3 is 2.59 bits per heavy atom. The van der Waals surface area contributed by atoms with Gasteiger partial charge in [0.05, 0.1) is 5.56 Å². The van der Waals surface area contributed by atoms with E-state index in [9.17, 15) is 9.59 Å². The molecule has 22 heavy (non-hydrogen) atoms. The van der Waals surface area contributed by atoms with E-state index in [4.69, 9.17) is 9.52 Å². The van der Waals surface area contributed by atoms with Crippen LogP contribution in [-0.2, 0) is 4.79 Å². The van der Waals surface area contributed by atoms with E-state index in [1.54, 1.807) is 0 Å². The lowest BCUT2D eigenvalue weighted by Gasteiger charge is -2.04. The number of carboxylic acids is 1. The van der Waals surface area contributed by atoms with E-state index in [-0.39, 0.29) is 12.3 Å². The molecule has 0 saturated carbocycles. The van der Waals surface area contributed by atoms with Crippen molar-refractivity contribution in [1.29, 1.82) is 0 Å². The predicted molar refractivity (Wildman–Crippen MR) is 83.9 cm³/mol. The Bertz CT molecular complexity index is 632. The van der Waals surface area contributed by atoms with Gasteiger partial charge in [-0.1, -0.05) is 37.5 Å². The zero-order valence-corrected chi connectivity index (χ0v) is 12.5. The van der Waals surface area contributed by atoms with Crippen LogP contribution in [-0.4, -0.2) is 23.5 Å². The number of furan rings is 1. The van der Waals surface area contributed by atoms with Gasteiger partial charge in [-0.25, -0.2) is 0 Å². The number of hydrogen-bond acceptors (Lipinski definition) is 3. The van der Waals surface area contributed by atoms with Gasteiger partial charge in [0.15, 0.2) is 0 Å².